The van der Waals surface area contributed by atoms with Crippen molar-refractivity contribution in [2.24, 2.45) is 5.73 Å². The van der Waals surface area contributed by atoms with Crippen molar-refractivity contribution in [3.05, 3.63) is 23.3 Å². The van der Waals surface area contributed by atoms with Crippen LogP contribution in [0.2, 0.25) is 0 Å². The largest absolute Gasteiger partial charge is 0.496 e. The fraction of sp³-hybridized carbons (Fsp3) is 0.500. The number of hydrogen-bond donors (Lipinski definition) is 1. The molecule has 0 heterocycles. The highest BCUT2D eigenvalue weighted by Crippen LogP contribution is 2.26. The molecule has 1 atom stereocenters. The molecule has 2 N–H and O–H groups in total. The van der Waals surface area contributed by atoms with Crippen LogP contribution in [0.4, 0.5) is 0 Å². The predicted molar refractivity (Wildman–Crippen MR) is 68.2 cm³/mol. The van der Waals surface area contributed by atoms with Crippen LogP contribution in [-0.2, 0) is 9.84 Å². The van der Waals surface area contributed by atoms with Crippen molar-refractivity contribution >= 4 is 9.84 Å². The van der Waals surface area contributed by atoms with E-state index >= 15 is 0 Å². The summed E-state index contributed by atoms with van der Waals surface area (Å²) in [6, 6.07) is 3.01. The Morgan fingerprint density at radius 1 is 1.29 bits per heavy atom. The lowest BCUT2D eigenvalue weighted by molar-refractivity contribution is 0.411. The van der Waals surface area contributed by atoms with Gasteiger partial charge in [0.15, 0.2) is 9.84 Å². The topological polar surface area (TPSA) is 69.4 Å². The van der Waals surface area contributed by atoms with Gasteiger partial charge in [-0.05, 0) is 44.0 Å². The van der Waals surface area contributed by atoms with E-state index in [2.05, 4.69) is 0 Å². The number of sulfone groups is 1. The van der Waals surface area contributed by atoms with Crippen molar-refractivity contribution in [3.63, 3.8) is 0 Å². The van der Waals surface area contributed by atoms with E-state index in [-0.39, 0.29) is 11.8 Å². The van der Waals surface area contributed by atoms with Gasteiger partial charge in [0.1, 0.15) is 5.75 Å². The number of hydrogen-bond acceptors (Lipinski definition) is 4. The summed E-state index contributed by atoms with van der Waals surface area (Å²) in [7, 11) is -1.75. The van der Waals surface area contributed by atoms with Gasteiger partial charge in [0.2, 0.25) is 0 Å². The molecule has 0 spiro atoms. The molecule has 0 saturated carbocycles. The molecule has 0 amide bonds. The summed E-state index contributed by atoms with van der Waals surface area (Å²) in [6.07, 6.45) is 0. The maximum absolute atomic E-state index is 12.1. The summed E-state index contributed by atoms with van der Waals surface area (Å²) in [4.78, 5) is 0.341. The minimum absolute atomic E-state index is 0.0421. The Kier molecular flexibility index (Phi) is 4.16. The van der Waals surface area contributed by atoms with E-state index in [0.717, 1.165) is 5.56 Å². The van der Waals surface area contributed by atoms with Crippen molar-refractivity contribution in [3.8, 4) is 5.75 Å². The molecule has 1 rings (SSSR count). The standard InChI is InChI=1S/C12H19NO3S/c1-8-6-12(9(2)5-11(8)16-4)17(14,15)7-10(3)13/h5-6,10H,7,13H2,1-4H3. The molecule has 0 aromatic heterocycles. The zero-order valence-electron chi connectivity index (χ0n) is 10.6. The fourth-order valence-corrected chi connectivity index (χ4v) is 3.53. The summed E-state index contributed by atoms with van der Waals surface area (Å²) in [5, 5.41) is 0. The first-order valence-corrected chi connectivity index (χ1v) is 7.06. The Morgan fingerprint density at radius 3 is 2.35 bits per heavy atom. The van der Waals surface area contributed by atoms with E-state index in [1.807, 2.05) is 6.92 Å². The fourth-order valence-electron chi connectivity index (χ4n) is 1.75. The van der Waals surface area contributed by atoms with Crippen LogP contribution in [0.3, 0.4) is 0 Å². The maximum Gasteiger partial charge on any atom is 0.180 e. The summed E-state index contributed by atoms with van der Waals surface area (Å²) >= 11 is 0. The van der Waals surface area contributed by atoms with Crippen LogP contribution in [0.1, 0.15) is 18.1 Å². The smallest absolute Gasteiger partial charge is 0.180 e. The van der Waals surface area contributed by atoms with Gasteiger partial charge in [-0.2, -0.15) is 0 Å². The average Bonchev–Trinajstić information content (AvgIpc) is 2.18. The van der Waals surface area contributed by atoms with Crippen LogP contribution in [0, 0.1) is 13.8 Å². The molecule has 1 aromatic carbocycles. The van der Waals surface area contributed by atoms with Crippen molar-refractivity contribution in [2.75, 3.05) is 12.9 Å². The van der Waals surface area contributed by atoms with E-state index in [9.17, 15) is 8.42 Å². The van der Waals surface area contributed by atoms with Gasteiger partial charge in [0, 0.05) is 6.04 Å². The molecule has 0 radical (unpaired) electrons. The number of methoxy groups -OCH3 is 1. The Balaban J connectivity index is 3.28. The molecule has 5 heteroatoms. The second-order valence-corrected chi connectivity index (χ2v) is 6.35. The molecule has 4 nitrogen and oxygen atoms in total. The Morgan fingerprint density at radius 2 is 1.88 bits per heavy atom. The van der Waals surface area contributed by atoms with Crippen molar-refractivity contribution < 1.29 is 13.2 Å². The third kappa shape index (κ3) is 3.20. The summed E-state index contributed by atoms with van der Waals surface area (Å²) < 4.78 is 29.3. The van der Waals surface area contributed by atoms with Crippen molar-refractivity contribution in [1.29, 1.82) is 0 Å². The molecule has 0 saturated heterocycles. The maximum atomic E-state index is 12.1. The second-order valence-electron chi connectivity index (χ2n) is 4.35. The summed E-state index contributed by atoms with van der Waals surface area (Å²) in [5.74, 6) is 0.654. The van der Waals surface area contributed by atoms with Crippen LogP contribution < -0.4 is 10.5 Å². The summed E-state index contributed by atoms with van der Waals surface area (Å²) in [6.45, 7) is 5.27. The van der Waals surface area contributed by atoms with Crippen LogP contribution in [0.5, 0.6) is 5.75 Å². The average molecular weight is 257 g/mol. The number of rotatable bonds is 4. The zero-order valence-corrected chi connectivity index (χ0v) is 11.5. The lowest BCUT2D eigenvalue weighted by Gasteiger charge is -2.13. The lowest BCUT2D eigenvalue weighted by atomic mass is 10.1. The number of aryl methyl sites for hydroxylation is 2. The Bertz CT molecular complexity index is 507. The van der Waals surface area contributed by atoms with Crippen LogP contribution in [-0.4, -0.2) is 27.3 Å². The van der Waals surface area contributed by atoms with E-state index in [0.29, 0.717) is 16.2 Å². The molecule has 0 aliphatic carbocycles. The minimum atomic E-state index is -3.32. The van der Waals surface area contributed by atoms with Crippen LogP contribution in [0.25, 0.3) is 0 Å². The Labute approximate surface area is 103 Å². The number of nitrogens with two attached hydrogens (primary N) is 1. The van der Waals surface area contributed by atoms with Gasteiger partial charge in [-0.15, -0.1) is 0 Å². The highest BCUT2D eigenvalue weighted by Gasteiger charge is 2.20. The third-order valence-corrected chi connectivity index (χ3v) is 4.58. The van der Waals surface area contributed by atoms with Crippen LogP contribution in [0.15, 0.2) is 17.0 Å². The van der Waals surface area contributed by atoms with Gasteiger partial charge in [-0.25, -0.2) is 8.42 Å². The number of ether oxygens (including phenoxy) is 1. The predicted octanol–water partition coefficient (Wildman–Crippen LogP) is 1.43. The van der Waals surface area contributed by atoms with Gasteiger partial charge < -0.3 is 10.5 Å². The first-order valence-electron chi connectivity index (χ1n) is 5.41. The molecular weight excluding hydrogens is 238 g/mol. The lowest BCUT2D eigenvalue weighted by Crippen LogP contribution is -2.26. The molecule has 1 aromatic rings. The van der Waals surface area contributed by atoms with Gasteiger partial charge in [-0.1, -0.05) is 0 Å². The second kappa shape index (κ2) is 5.06. The molecule has 0 fully saturated rings. The molecule has 0 aliphatic rings. The minimum Gasteiger partial charge on any atom is -0.496 e. The van der Waals surface area contributed by atoms with Gasteiger partial charge >= 0.3 is 0 Å². The SMILES string of the molecule is COc1cc(C)c(S(=O)(=O)CC(C)N)cc1C. The van der Waals surface area contributed by atoms with E-state index < -0.39 is 9.84 Å². The first kappa shape index (κ1) is 14.0. The molecule has 96 valence electrons. The van der Waals surface area contributed by atoms with Crippen LogP contribution >= 0.6 is 0 Å². The molecule has 0 bridgehead atoms. The molecule has 17 heavy (non-hydrogen) atoms. The van der Waals surface area contributed by atoms with Crippen molar-refractivity contribution in [2.45, 2.75) is 31.7 Å². The highest BCUT2D eigenvalue weighted by atomic mass is 32.2. The van der Waals surface area contributed by atoms with Crippen molar-refractivity contribution in [1.82, 2.24) is 0 Å². The summed E-state index contributed by atoms with van der Waals surface area (Å²) in [5.41, 5.74) is 7.05. The number of benzene rings is 1. The van der Waals surface area contributed by atoms with Gasteiger partial charge in [0.25, 0.3) is 0 Å². The van der Waals surface area contributed by atoms with Gasteiger partial charge in [0.05, 0.1) is 17.8 Å². The Hall–Kier alpha value is -1.07. The third-order valence-electron chi connectivity index (χ3n) is 2.51. The molecule has 1 unspecified atom stereocenters. The van der Waals surface area contributed by atoms with E-state index in [1.165, 1.54) is 0 Å². The first-order chi connectivity index (χ1) is 7.77. The highest BCUT2D eigenvalue weighted by molar-refractivity contribution is 7.91. The van der Waals surface area contributed by atoms with Gasteiger partial charge in [-0.3, -0.25) is 0 Å². The quantitative estimate of drug-likeness (QED) is 0.886. The molecular formula is C12H19NO3S. The normalized spacial score (nSPS) is 13.5. The molecule has 0 aliphatic heterocycles. The zero-order chi connectivity index (χ0) is 13.2. The van der Waals surface area contributed by atoms with E-state index in [4.69, 9.17) is 10.5 Å². The monoisotopic (exact) mass is 257 g/mol. The van der Waals surface area contributed by atoms with E-state index in [1.54, 1.807) is 33.1 Å².